The third-order valence-electron chi connectivity index (χ3n) is 6.27. The highest BCUT2D eigenvalue weighted by atomic mass is 16.2. The molecule has 1 aromatic heterocycles. The summed E-state index contributed by atoms with van der Waals surface area (Å²) >= 11 is 0. The molecule has 148 valence electrons. The smallest absolute Gasteiger partial charge is 0.325 e. The zero-order valence-electron chi connectivity index (χ0n) is 16.8. The molecule has 1 N–H and O–H groups in total. The van der Waals surface area contributed by atoms with E-state index in [1.165, 1.54) is 0 Å². The lowest BCUT2D eigenvalue weighted by atomic mass is 9.73. The Morgan fingerprint density at radius 1 is 1.33 bits per heavy atom. The molecule has 8 nitrogen and oxygen atoms in total. The Hall–Kier alpha value is -2.38. The van der Waals surface area contributed by atoms with Crippen molar-refractivity contribution >= 4 is 17.8 Å². The summed E-state index contributed by atoms with van der Waals surface area (Å²) in [6.45, 7) is 6.04. The van der Waals surface area contributed by atoms with Crippen LogP contribution in [0.3, 0.4) is 0 Å². The first-order valence-corrected chi connectivity index (χ1v) is 9.54. The molecule has 1 saturated carbocycles. The fourth-order valence-electron chi connectivity index (χ4n) is 4.27. The summed E-state index contributed by atoms with van der Waals surface area (Å²) in [7, 11) is 3.55. The summed E-state index contributed by atoms with van der Waals surface area (Å²) in [5, 5.41) is 7.25. The number of amides is 4. The SMILES string of the molecule is Cc1nn(C)c(C)c1CN(C)C(=O)CN1C(=O)NC2(CCCCC2C)C1=O. The molecular weight excluding hydrogens is 346 g/mol. The van der Waals surface area contributed by atoms with Crippen LogP contribution >= 0.6 is 0 Å². The molecule has 1 aliphatic heterocycles. The molecule has 0 radical (unpaired) electrons. The van der Waals surface area contributed by atoms with Crippen LogP contribution in [0.4, 0.5) is 4.79 Å². The predicted molar refractivity (Wildman–Crippen MR) is 99.8 cm³/mol. The molecule has 2 heterocycles. The van der Waals surface area contributed by atoms with Crippen molar-refractivity contribution in [3.8, 4) is 0 Å². The molecule has 0 aromatic carbocycles. The number of likely N-dealkylation sites (N-methyl/N-ethyl adjacent to an activating group) is 1. The van der Waals surface area contributed by atoms with Gasteiger partial charge in [0.15, 0.2) is 0 Å². The summed E-state index contributed by atoms with van der Waals surface area (Å²) in [5.74, 6) is -0.432. The number of nitrogens with zero attached hydrogens (tertiary/aromatic N) is 4. The van der Waals surface area contributed by atoms with E-state index < -0.39 is 11.6 Å². The minimum atomic E-state index is -0.829. The maximum Gasteiger partial charge on any atom is 0.325 e. The summed E-state index contributed by atoms with van der Waals surface area (Å²) in [6.07, 6.45) is 3.54. The topological polar surface area (TPSA) is 87.5 Å². The van der Waals surface area contributed by atoms with Crippen molar-refractivity contribution in [3.05, 3.63) is 17.0 Å². The second-order valence-corrected chi connectivity index (χ2v) is 7.96. The van der Waals surface area contributed by atoms with Gasteiger partial charge >= 0.3 is 6.03 Å². The number of urea groups is 1. The van der Waals surface area contributed by atoms with Crippen LogP contribution in [0.5, 0.6) is 0 Å². The Bertz CT molecular complexity index is 787. The number of hydrogen-bond acceptors (Lipinski definition) is 4. The predicted octanol–water partition coefficient (Wildman–Crippen LogP) is 1.50. The molecule has 27 heavy (non-hydrogen) atoms. The van der Waals surface area contributed by atoms with E-state index in [-0.39, 0.29) is 24.3 Å². The Balaban J connectivity index is 1.70. The van der Waals surface area contributed by atoms with Crippen LogP contribution in [0.1, 0.15) is 49.6 Å². The van der Waals surface area contributed by atoms with Crippen LogP contribution in [0, 0.1) is 19.8 Å². The standard InChI is InChI=1S/C19H29N5O3/c1-12-8-6-7-9-19(12)17(26)24(18(27)20-19)11-16(25)22(4)10-15-13(2)21-23(5)14(15)3/h12H,6-11H2,1-5H3,(H,20,27). The van der Waals surface area contributed by atoms with E-state index in [0.717, 1.165) is 41.1 Å². The number of hydrogen-bond donors (Lipinski definition) is 1. The Morgan fingerprint density at radius 2 is 2.04 bits per heavy atom. The molecule has 1 aliphatic carbocycles. The van der Waals surface area contributed by atoms with Crippen molar-refractivity contribution in [1.29, 1.82) is 0 Å². The van der Waals surface area contributed by atoms with Crippen LogP contribution in [0.15, 0.2) is 0 Å². The average Bonchev–Trinajstić information content (AvgIpc) is 2.99. The van der Waals surface area contributed by atoms with Crippen molar-refractivity contribution in [2.45, 2.75) is 58.5 Å². The van der Waals surface area contributed by atoms with Gasteiger partial charge in [0.05, 0.1) is 5.69 Å². The highest BCUT2D eigenvalue weighted by Crippen LogP contribution is 2.38. The number of rotatable bonds is 4. The Morgan fingerprint density at radius 3 is 2.63 bits per heavy atom. The van der Waals surface area contributed by atoms with Crippen molar-refractivity contribution in [3.63, 3.8) is 0 Å². The van der Waals surface area contributed by atoms with Crippen LogP contribution in [0.25, 0.3) is 0 Å². The first-order chi connectivity index (χ1) is 12.7. The van der Waals surface area contributed by atoms with Crippen LogP contribution in [0.2, 0.25) is 0 Å². The molecular formula is C19H29N5O3. The molecule has 2 fully saturated rings. The van der Waals surface area contributed by atoms with E-state index in [9.17, 15) is 14.4 Å². The second kappa shape index (κ2) is 6.98. The summed E-state index contributed by atoms with van der Waals surface area (Å²) in [6, 6.07) is -0.454. The van der Waals surface area contributed by atoms with Crippen molar-refractivity contribution < 1.29 is 14.4 Å². The summed E-state index contributed by atoms with van der Waals surface area (Å²) in [4.78, 5) is 40.8. The lowest BCUT2D eigenvalue weighted by Crippen LogP contribution is -2.54. The average molecular weight is 375 g/mol. The normalized spacial score (nSPS) is 25.2. The largest absolute Gasteiger partial charge is 0.340 e. The van der Waals surface area contributed by atoms with E-state index in [2.05, 4.69) is 10.4 Å². The van der Waals surface area contributed by atoms with Crippen molar-refractivity contribution in [2.75, 3.05) is 13.6 Å². The molecule has 1 saturated heterocycles. The van der Waals surface area contributed by atoms with Gasteiger partial charge in [-0.25, -0.2) is 4.79 Å². The monoisotopic (exact) mass is 375 g/mol. The number of carbonyl (C=O) groups excluding carboxylic acids is 3. The first-order valence-electron chi connectivity index (χ1n) is 9.54. The summed E-state index contributed by atoms with van der Waals surface area (Å²) in [5.41, 5.74) is 2.03. The third-order valence-corrected chi connectivity index (χ3v) is 6.27. The minimum Gasteiger partial charge on any atom is -0.340 e. The van der Waals surface area contributed by atoms with Crippen LogP contribution in [-0.4, -0.2) is 56.6 Å². The van der Waals surface area contributed by atoms with Gasteiger partial charge in [-0.1, -0.05) is 19.8 Å². The van der Waals surface area contributed by atoms with Gasteiger partial charge in [-0.2, -0.15) is 5.10 Å². The highest BCUT2D eigenvalue weighted by Gasteiger charge is 2.55. The maximum atomic E-state index is 13.0. The first kappa shape index (κ1) is 19.4. The van der Waals surface area contributed by atoms with Crippen molar-refractivity contribution in [2.24, 2.45) is 13.0 Å². The maximum absolute atomic E-state index is 13.0. The number of aryl methyl sites for hydroxylation is 2. The zero-order chi connectivity index (χ0) is 19.9. The van der Waals surface area contributed by atoms with Gasteiger partial charge in [0.2, 0.25) is 5.91 Å². The minimum absolute atomic E-state index is 0.0845. The summed E-state index contributed by atoms with van der Waals surface area (Å²) < 4.78 is 1.79. The van der Waals surface area contributed by atoms with E-state index in [4.69, 9.17) is 0 Å². The van der Waals surface area contributed by atoms with Gasteiger partial charge in [0.25, 0.3) is 5.91 Å². The van der Waals surface area contributed by atoms with Crippen molar-refractivity contribution in [1.82, 2.24) is 24.9 Å². The number of aromatic nitrogens is 2. The molecule has 0 bridgehead atoms. The van der Waals surface area contributed by atoms with Crippen LogP contribution in [-0.2, 0) is 23.2 Å². The van der Waals surface area contributed by atoms with E-state index in [1.807, 2.05) is 27.8 Å². The fraction of sp³-hybridized carbons (Fsp3) is 0.684. The lowest BCUT2D eigenvalue weighted by Gasteiger charge is -2.36. The molecule has 3 rings (SSSR count). The zero-order valence-corrected chi connectivity index (χ0v) is 16.8. The fourth-order valence-corrected chi connectivity index (χ4v) is 4.27. The second-order valence-electron chi connectivity index (χ2n) is 7.96. The molecule has 1 aromatic rings. The number of carbonyl (C=O) groups is 3. The van der Waals surface area contributed by atoms with Gasteiger partial charge in [-0.15, -0.1) is 0 Å². The number of imide groups is 1. The molecule has 2 unspecified atom stereocenters. The van der Waals surface area contributed by atoms with E-state index >= 15 is 0 Å². The van der Waals surface area contributed by atoms with Gasteiger partial charge in [-0.05, 0) is 32.6 Å². The third kappa shape index (κ3) is 3.21. The Labute approximate surface area is 159 Å². The highest BCUT2D eigenvalue weighted by molar-refractivity contribution is 6.09. The van der Waals surface area contributed by atoms with E-state index in [0.29, 0.717) is 13.0 Å². The van der Waals surface area contributed by atoms with Gasteiger partial charge < -0.3 is 10.2 Å². The van der Waals surface area contributed by atoms with Gasteiger partial charge in [0, 0.05) is 31.9 Å². The van der Waals surface area contributed by atoms with Gasteiger partial charge in [-0.3, -0.25) is 19.2 Å². The lowest BCUT2D eigenvalue weighted by molar-refractivity contribution is -0.140. The quantitative estimate of drug-likeness (QED) is 0.808. The van der Waals surface area contributed by atoms with Gasteiger partial charge in [0.1, 0.15) is 12.1 Å². The van der Waals surface area contributed by atoms with Crippen LogP contribution < -0.4 is 5.32 Å². The molecule has 8 heteroatoms. The molecule has 1 spiro atoms. The molecule has 2 aliphatic rings. The molecule has 2 atom stereocenters. The molecule has 4 amide bonds. The van der Waals surface area contributed by atoms with E-state index in [1.54, 1.807) is 16.6 Å². The Kier molecular flexibility index (Phi) is 5.01. The number of nitrogens with one attached hydrogen (secondary N) is 1.